The summed E-state index contributed by atoms with van der Waals surface area (Å²) in [5.74, 6) is 2.23. The minimum Gasteiger partial charge on any atom is -0.512 e. The van der Waals surface area contributed by atoms with E-state index in [2.05, 4.69) is 87.5 Å². The van der Waals surface area contributed by atoms with Crippen LogP contribution in [0.15, 0.2) is 90.8 Å². The van der Waals surface area contributed by atoms with Gasteiger partial charge in [0.25, 0.3) is 0 Å². The molecule has 247 valence electrons. The summed E-state index contributed by atoms with van der Waals surface area (Å²) in [4.78, 5) is 16.5. The molecule has 5 aromatic rings. The number of hydrogen-bond donors (Lipinski definition) is 1. The number of aliphatic hydroxyl groups is 1. The van der Waals surface area contributed by atoms with Gasteiger partial charge >= 0.3 is 0 Å². The largest absolute Gasteiger partial charge is 0.512 e. The number of carbonyl (C=O) groups excluding carboxylic acids is 1. The van der Waals surface area contributed by atoms with Crippen LogP contribution in [0.3, 0.4) is 0 Å². The standard InChI is InChI=1S/C29H22NO.C13H24O2.Ir/c1-29(2,3)24-17-20(16-19-8-4-5-11-21(19)24)27-28-23(14-15-30-27)22-12-6-9-18-10-7-13-25(31-28)26(18)22;1-5-10(6-2)12(14)9-13(15)11(7-3)8-4;/h4-15,17H,1-3H3;9-11,14H,5-8H2,1-4H3;/q-1;;/b;12-9-;. The summed E-state index contributed by atoms with van der Waals surface area (Å²) in [6.07, 6.45) is 6.79. The van der Waals surface area contributed by atoms with Crippen molar-refractivity contribution in [3.63, 3.8) is 0 Å². The minimum absolute atomic E-state index is 0. The molecule has 1 aliphatic rings. The van der Waals surface area contributed by atoms with Crippen LogP contribution in [0.5, 0.6) is 11.5 Å². The molecule has 0 saturated heterocycles. The second-order valence-corrected chi connectivity index (χ2v) is 13.2. The Hall–Kier alpha value is -3.79. The number of ether oxygens (including phenoxy) is 1. The fourth-order valence-corrected chi connectivity index (χ4v) is 6.44. The van der Waals surface area contributed by atoms with Crippen molar-refractivity contribution in [2.24, 2.45) is 11.8 Å². The van der Waals surface area contributed by atoms with Gasteiger partial charge in [-0.15, -0.1) is 29.1 Å². The van der Waals surface area contributed by atoms with Gasteiger partial charge in [0, 0.05) is 60.9 Å². The molecule has 6 rings (SSSR count). The maximum atomic E-state index is 11.7. The average molecular weight is 805 g/mol. The van der Waals surface area contributed by atoms with Crippen molar-refractivity contribution in [1.82, 2.24) is 4.98 Å². The topological polar surface area (TPSA) is 59.4 Å². The molecular weight excluding hydrogens is 759 g/mol. The van der Waals surface area contributed by atoms with Crippen LogP contribution >= 0.6 is 0 Å². The Kier molecular flexibility index (Phi) is 11.8. The molecule has 4 nitrogen and oxygen atoms in total. The second-order valence-electron chi connectivity index (χ2n) is 13.2. The number of rotatable bonds is 8. The van der Waals surface area contributed by atoms with Crippen molar-refractivity contribution >= 4 is 27.3 Å². The number of benzene rings is 4. The number of aliphatic hydroxyl groups excluding tert-OH is 1. The van der Waals surface area contributed by atoms with E-state index in [4.69, 9.17) is 9.72 Å². The number of nitrogens with zero attached hydrogens (tertiary/aromatic N) is 1. The maximum Gasteiger partial charge on any atom is 0.162 e. The van der Waals surface area contributed by atoms with E-state index in [1.807, 2.05) is 46.0 Å². The Morgan fingerprint density at radius 2 is 1.53 bits per heavy atom. The van der Waals surface area contributed by atoms with E-state index in [1.165, 1.54) is 28.0 Å². The van der Waals surface area contributed by atoms with E-state index >= 15 is 0 Å². The molecule has 0 unspecified atom stereocenters. The van der Waals surface area contributed by atoms with Crippen molar-refractivity contribution in [1.29, 1.82) is 0 Å². The first-order valence-corrected chi connectivity index (χ1v) is 16.7. The van der Waals surface area contributed by atoms with Gasteiger partial charge in [-0.1, -0.05) is 108 Å². The van der Waals surface area contributed by atoms with Gasteiger partial charge in [-0.2, -0.15) is 0 Å². The molecule has 5 heteroatoms. The molecular formula is C42H46IrNO3-. The number of fused-ring (bicyclic) bond motifs is 3. The molecule has 1 N–H and O–H groups in total. The van der Waals surface area contributed by atoms with E-state index < -0.39 is 0 Å². The van der Waals surface area contributed by atoms with Gasteiger partial charge in [0.05, 0.1) is 5.76 Å². The van der Waals surface area contributed by atoms with E-state index in [0.29, 0.717) is 0 Å². The van der Waals surface area contributed by atoms with Crippen LogP contribution in [0.2, 0.25) is 0 Å². The van der Waals surface area contributed by atoms with Gasteiger partial charge in [0.2, 0.25) is 0 Å². The molecule has 0 amide bonds. The predicted octanol–water partition coefficient (Wildman–Crippen LogP) is 11.8. The molecule has 0 saturated carbocycles. The average Bonchev–Trinajstić information content (AvgIpc) is 3.05. The summed E-state index contributed by atoms with van der Waals surface area (Å²) in [5, 5.41) is 14.4. The van der Waals surface area contributed by atoms with E-state index in [0.717, 1.165) is 64.8 Å². The van der Waals surface area contributed by atoms with Crippen LogP contribution < -0.4 is 4.74 Å². The molecule has 47 heavy (non-hydrogen) atoms. The van der Waals surface area contributed by atoms with Gasteiger partial charge in [0.15, 0.2) is 5.78 Å². The van der Waals surface area contributed by atoms with E-state index in [-0.39, 0.29) is 48.9 Å². The van der Waals surface area contributed by atoms with Gasteiger partial charge in [-0.3, -0.25) is 9.78 Å². The Labute approximate surface area is 293 Å². The Bertz CT molecular complexity index is 1890. The van der Waals surface area contributed by atoms with Crippen molar-refractivity contribution in [2.75, 3.05) is 0 Å². The zero-order valence-electron chi connectivity index (χ0n) is 28.6. The smallest absolute Gasteiger partial charge is 0.162 e. The van der Waals surface area contributed by atoms with Gasteiger partial charge in [-0.25, -0.2) is 0 Å². The fourth-order valence-electron chi connectivity index (χ4n) is 6.44. The van der Waals surface area contributed by atoms with E-state index in [1.54, 1.807) is 0 Å². The van der Waals surface area contributed by atoms with Crippen LogP contribution in [0.25, 0.3) is 43.9 Å². The summed E-state index contributed by atoms with van der Waals surface area (Å²) in [6.45, 7) is 14.8. The second kappa shape index (κ2) is 15.4. The summed E-state index contributed by atoms with van der Waals surface area (Å²) < 4.78 is 6.49. The molecule has 0 atom stereocenters. The third kappa shape index (κ3) is 7.53. The van der Waals surface area contributed by atoms with Crippen LogP contribution in [0.4, 0.5) is 0 Å². The van der Waals surface area contributed by atoms with Crippen LogP contribution in [-0.2, 0) is 30.3 Å². The fraction of sp³-hybridized carbons (Fsp3) is 0.333. The minimum atomic E-state index is -0.00263. The normalized spacial score (nSPS) is 12.3. The van der Waals surface area contributed by atoms with Crippen LogP contribution in [0, 0.1) is 17.9 Å². The van der Waals surface area contributed by atoms with Crippen LogP contribution in [-0.4, -0.2) is 15.9 Å². The van der Waals surface area contributed by atoms with Crippen molar-refractivity contribution in [2.45, 2.75) is 79.6 Å². The number of carbonyl (C=O) groups is 1. The molecule has 0 spiro atoms. The summed E-state index contributed by atoms with van der Waals surface area (Å²) in [7, 11) is 0. The quantitative estimate of drug-likeness (QED) is 0.0946. The Balaban J connectivity index is 0.000000269. The van der Waals surface area contributed by atoms with Crippen LogP contribution in [0.1, 0.15) is 79.7 Å². The molecule has 1 aromatic heterocycles. The van der Waals surface area contributed by atoms with Gasteiger partial charge in [0.1, 0.15) is 11.5 Å². The molecule has 1 aliphatic heterocycles. The molecule has 1 radical (unpaired) electrons. The first kappa shape index (κ1) is 36.1. The summed E-state index contributed by atoms with van der Waals surface area (Å²) >= 11 is 0. The molecule has 2 heterocycles. The van der Waals surface area contributed by atoms with Gasteiger partial charge < -0.3 is 9.84 Å². The number of ketones is 1. The van der Waals surface area contributed by atoms with Crippen molar-refractivity contribution in [3.8, 4) is 33.9 Å². The number of hydrogen-bond acceptors (Lipinski definition) is 4. The molecule has 0 bridgehead atoms. The zero-order valence-corrected chi connectivity index (χ0v) is 31.0. The molecule has 0 fully saturated rings. The van der Waals surface area contributed by atoms with E-state index in [9.17, 15) is 9.90 Å². The third-order valence-corrected chi connectivity index (χ3v) is 9.19. The predicted molar refractivity (Wildman–Crippen MR) is 192 cm³/mol. The first-order valence-electron chi connectivity index (χ1n) is 16.7. The monoisotopic (exact) mass is 805 g/mol. The Morgan fingerprint density at radius 1 is 0.872 bits per heavy atom. The van der Waals surface area contributed by atoms with Crippen molar-refractivity contribution in [3.05, 3.63) is 102 Å². The zero-order chi connectivity index (χ0) is 33.0. The maximum absolute atomic E-state index is 11.7. The summed E-state index contributed by atoms with van der Waals surface area (Å²) in [6, 6.07) is 29.0. The first-order chi connectivity index (χ1) is 22.1. The van der Waals surface area contributed by atoms with Gasteiger partial charge in [-0.05, 0) is 54.2 Å². The third-order valence-electron chi connectivity index (χ3n) is 9.19. The number of allylic oxidation sites excluding steroid dienone is 2. The summed E-state index contributed by atoms with van der Waals surface area (Å²) in [5.41, 5.74) is 5.35. The number of pyridine rings is 1. The molecule has 0 aliphatic carbocycles. The number of aromatic nitrogens is 1. The van der Waals surface area contributed by atoms with Crippen molar-refractivity contribution < 1.29 is 34.7 Å². The Morgan fingerprint density at radius 3 is 2.19 bits per heavy atom. The SMILES string of the molecule is CC(C)(C)c1cc(-c2nccc3c2Oc2cccc4cccc-3c24)[c-]c2ccccc12.CCC(CC)C(=O)/C=C(\O)C(CC)CC.[Ir]. The molecule has 4 aromatic carbocycles.